The molecule has 0 bridgehead atoms. The van der Waals surface area contributed by atoms with Gasteiger partial charge in [0.05, 0.1) is 6.54 Å². The molecule has 0 aromatic carbocycles. The third kappa shape index (κ3) is 1.96. The molecule has 70 valence electrons. The van der Waals surface area contributed by atoms with Crippen LogP contribution in [0.1, 0.15) is 18.6 Å². The summed E-state index contributed by atoms with van der Waals surface area (Å²) in [6.45, 7) is 5.30. The molecule has 0 radical (unpaired) electrons. The van der Waals surface area contributed by atoms with Crippen molar-refractivity contribution in [3.8, 4) is 6.19 Å². The van der Waals surface area contributed by atoms with Crippen LogP contribution in [0.2, 0.25) is 0 Å². The van der Waals surface area contributed by atoms with Gasteiger partial charge in [0.1, 0.15) is 5.82 Å². The third-order valence-electron chi connectivity index (χ3n) is 1.88. The van der Waals surface area contributed by atoms with Gasteiger partial charge in [0.2, 0.25) is 0 Å². The van der Waals surface area contributed by atoms with Crippen LogP contribution in [0, 0.1) is 18.4 Å². The Bertz CT molecular complexity index is 322. The van der Waals surface area contributed by atoms with Crippen molar-refractivity contribution < 1.29 is 0 Å². The maximum absolute atomic E-state index is 8.58. The average molecular weight is 179 g/mol. The fourth-order valence-corrected chi connectivity index (χ4v) is 1.20. The normalized spacial score (nSPS) is 9.69. The molecule has 0 unspecified atom stereocenters. The summed E-state index contributed by atoms with van der Waals surface area (Å²) in [5, 5.41) is 16.5. The van der Waals surface area contributed by atoms with Crippen LogP contribution in [0.5, 0.6) is 0 Å². The molecule has 0 saturated carbocycles. The standard InChI is InChI=1S/C8H13N5/c1-4-13-7(2)10-11-8(13)5-12(3)6-9/h4-5H2,1-3H3. The Morgan fingerprint density at radius 2 is 2.23 bits per heavy atom. The number of rotatable bonds is 3. The van der Waals surface area contributed by atoms with Crippen LogP contribution in [-0.4, -0.2) is 26.7 Å². The van der Waals surface area contributed by atoms with Gasteiger partial charge in [-0.25, -0.2) is 0 Å². The Labute approximate surface area is 77.6 Å². The summed E-state index contributed by atoms with van der Waals surface area (Å²) in [6, 6.07) is 0. The first-order chi connectivity index (χ1) is 6.19. The van der Waals surface area contributed by atoms with Crippen LogP contribution in [0.15, 0.2) is 0 Å². The summed E-state index contributed by atoms with van der Waals surface area (Å²) >= 11 is 0. The molecule has 0 aliphatic rings. The average Bonchev–Trinajstić information content (AvgIpc) is 2.46. The van der Waals surface area contributed by atoms with Crippen LogP contribution >= 0.6 is 0 Å². The minimum absolute atomic E-state index is 0.519. The Morgan fingerprint density at radius 3 is 2.77 bits per heavy atom. The van der Waals surface area contributed by atoms with E-state index in [1.54, 1.807) is 7.05 Å². The molecule has 0 N–H and O–H groups in total. The SMILES string of the molecule is CCn1c(C)nnc1CN(C)C#N. The van der Waals surface area contributed by atoms with E-state index in [4.69, 9.17) is 5.26 Å². The minimum atomic E-state index is 0.519. The van der Waals surface area contributed by atoms with E-state index in [9.17, 15) is 0 Å². The van der Waals surface area contributed by atoms with Crippen molar-refractivity contribution in [2.45, 2.75) is 26.9 Å². The number of aromatic nitrogens is 3. The van der Waals surface area contributed by atoms with Crippen LogP contribution in [0.3, 0.4) is 0 Å². The molecule has 5 heteroatoms. The molecule has 0 fully saturated rings. The second kappa shape index (κ2) is 3.90. The number of nitrogens with zero attached hydrogens (tertiary/aromatic N) is 5. The quantitative estimate of drug-likeness (QED) is 0.501. The highest BCUT2D eigenvalue weighted by Crippen LogP contribution is 2.02. The van der Waals surface area contributed by atoms with Crippen molar-refractivity contribution in [2.24, 2.45) is 0 Å². The van der Waals surface area contributed by atoms with Gasteiger partial charge in [0.15, 0.2) is 12.0 Å². The highest BCUT2D eigenvalue weighted by atomic mass is 15.3. The highest BCUT2D eigenvalue weighted by molar-refractivity contribution is 4.94. The van der Waals surface area contributed by atoms with E-state index in [0.717, 1.165) is 18.2 Å². The topological polar surface area (TPSA) is 57.7 Å². The maximum atomic E-state index is 8.58. The Morgan fingerprint density at radius 1 is 1.54 bits per heavy atom. The second-order valence-electron chi connectivity index (χ2n) is 2.86. The summed E-state index contributed by atoms with van der Waals surface area (Å²) in [5.41, 5.74) is 0. The van der Waals surface area contributed by atoms with E-state index >= 15 is 0 Å². The third-order valence-corrected chi connectivity index (χ3v) is 1.88. The zero-order valence-electron chi connectivity index (χ0n) is 8.15. The summed E-state index contributed by atoms with van der Waals surface area (Å²) in [7, 11) is 1.73. The van der Waals surface area contributed by atoms with E-state index in [0.29, 0.717) is 6.54 Å². The lowest BCUT2D eigenvalue weighted by Gasteiger charge is -2.09. The van der Waals surface area contributed by atoms with Gasteiger partial charge in [-0.15, -0.1) is 10.2 Å². The van der Waals surface area contributed by atoms with E-state index < -0.39 is 0 Å². The Kier molecular flexibility index (Phi) is 2.85. The molecule has 0 atom stereocenters. The Hall–Kier alpha value is -1.57. The molecule has 0 saturated heterocycles. The smallest absolute Gasteiger partial charge is 0.179 e. The van der Waals surface area contributed by atoms with Crippen molar-refractivity contribution in [2.75, 3.05) is 7.05 Å². The fourth-order valence-electron chi connectivity index (χ4n) is 1.20. The molecule has 5 nitrogen and oxygen atoms in total. The first kappa shape index (κ1) is 9.52. The van der Waals surface area contributed by atoms with Gasteiger partial charge in [-0.05, 0) is 13.8 Å². The van der Waals surface area contributed by atoms with Crippen molar-refractivity contribution in [3.63, 3.8) is 0 Å². The fraction of sp³-hybridized carbons (Fsp3) is 0.625. The first-order valence-corrected chi connectivity index (χ1v) is 4.18. The molecule has 1 aromatic rings. The summed E-state index contributed by atoms with van der Waals surface area (Å²) in [5.74, 6) is 1.73. The van der Waals surface area contributed by atoms with Gasteiger partial charge in [0, 0.05) is 13.6 Å². The summed E-state index contributed by atoms with van der Waals surface area (Å²) < 4.78 is 1.99. The van der Waals surface area contributed by atoms with E-state index in [-0.39, 0.29) is 0 Å². The van der Waals surface area contributed by atoms with E-state index in [1.165, 1.54) is 4.90 Å². The van der Waals surface area contributed by atoms with Gasteiger partial charge in [0.25, 0.3) is 0 Å². The minimum Gasteiger partial charge on any atom is -0.314 e. The van der Waals surface area contributed by atoms with Gasteiger partial charge in [-0.2, -0.15) is 5.26 Å². The summed E-state index contributed by atoms with van der Waals surface area (Å²) in [4.78, 5) is 1.52. The lowest BCUT2D eigenvalue weighted by molar-refractivity contribution is 0.439. The van der Waals surface area contributed by atoms with Crippen molar-refractivity contribution in [1.29, 1.82) is 5.26 Å². The zero-order chi connectivity index (χ0) is 9.84. The van der Waals surface area contributed by atoms with Crippen molar-refractivity contribution >= 4 is 0 Å². The van der Waals surface area contributed by atoms with Gasteiger partial charge < -0.3 is 9.47 Å². The number of hydrogen-bond donors (Lipinski definition) is 0. The van der Waals surface area contributed by atoms with Gasteiger partial charge >= 0.3 is 0 Å². The number of nitriles is 1. The van der Waals surface area contributed by atoms with Crippen molar-refractivity contribution in [3.05, 3.63) is 11.6 Å². The lowest BCUT2D eigenvalue weighted by Crippen LogP contribution is -2.15. The number of aryl methyl sites for hydroxylation is 1. The molecule has 1 rings (SSSR count). The monoisotopic (exact) mass is 179 g/mol. The van der Waals surface area contributed by atoms with Gasteiger partial charge in [-0.3, -0.25) is 0 Å². The molecule has 1 aromatic heterocycles. The van der Waals surface area contributed by atoms with E-state index in [1.807, 2.05) is 24.6 Å². The van der Waals surface area contributed by atoms with Gasteiger partial charge in [-0.1, -0.05) is 0 Å². The molecule has 0 spiro atoms. The lowest BCUT2D eigenvalue weighted by atomic mass is 10.5. The van der Waals surface area contributed by atoms with E-state index in [2.05, 4.69) is 10.2 Å². The molecule has 0 aliphatic carbocycles. The molecule has 13 heavy (non-hydrogen) atoms. The van der Waals surface area contributed by atoms with Crippen LogP contribution in [0.4, 0.5) is 0 Å². The first-order valence-electron chi connectivity index (χ1n) is 4.18. The molecular formula is C8H13N5. The molecule has 0 amide bonds. The predicted molar refractivity (Wildman–Crippen MR) is 47.5 cm³/mol. The second-order valence-corrected chi connectivity index (χ2v) is 2.86. The van der Waals surface area contributed by atoms with Crippen molar-refractivity contribution in [1.82, 2.24) is 19.7 Å². The molecule has 0 aliphatic heterocycles. The summed E-state index contributed by atoms with van der Waals surface area (Å²) in [6.07, 6.45) is 2.03. The predicted octanol–water partition coefficient (Wildman–Crippen LogP) is 0.519. The van der Waals surface area contributed by atoms with Crippen LogP contribution in [-0.2, 0) is 13.1 Å². The maximum Gasteiger partial charge on any atom is 0.179 e. The zero-order valence-corrected chi connectivity index (χ0v) is 8.15. The highest BCUT2D eigenvalue weighted by Gasteiger charge is 2.08. The molecular weight excluding hydrogens is 166 g/mol. The molecule has 1 heterocycles. The van der Waals surface area contributed by atoms with Crippen LogP contribution in [0.25, 0.3) is 0 Å². The number of hydrogen-bond acceptors (Lipinski definition) is 4. The van der Waals surface area contributed by atoms with Crippen LogP contribution < -0.4 is 0 Å². The Balaban J connectivity index is 2.83. The largest absolute Gasteiger partial charge is 0.314 e.